The van der Waals surface area contributed by atoms with Crippen molar-refractivity contribution in [2.45, 2.75) is 4.90 Å². The average molecular weight is 425 g/mol. The lowest BCUT2D eigenvalue weighted by molar-refractivity contribution is 0.384. The number of piperazine rings is 1. The first-order valence-electron chi connectivity index (χ1n) is 9.49. The van der Waals surface area contributed by atoms with Crippen LogP contribution in [0.4, 0.5) is 5.82 Å². The van der Waals surface area contributed by atoms with E-state index in [9.17, 15) is 13.2 Å². The average Bonchev–Trinajstić information content (AvgIpc) is 3.17. The molecule has 1 fully saturated rings. The number of fused-ring (bicyclic) bond motifs is 3. The first kappa shape index (κ1) is 18.8. The summed E-state index contributed by atoms with van der Waals surface area (Å²) >= 11 is 0. The molecule has 1 aliphatic rings. The maximum Gasteiger partial charge on any atom is 0.364 e. The number of hydrogen-bond acceptors (Lipinski definition) is 7. The number of pyridine rings is 1. The molecule has 1 saturated heterocycles. The van der Waals surface area contributed by atoms with E-state index in [4.69, 9.17) is 4.42 Å². The molecule has 1 aromatic carbocycles. The Labute approximate surface area is 172 Å². The molecule has 0 amide bonds. The van der Waals surface area contributed by atoms with Gasteiger partial charge in [0.25, 0.3) is 0 Å². The molecule has 3 aromatic heterocycles. The Balaban J connectivity index is 1.49. The molecule has 0 radical (unpaired) electrons. The zero-order chi connectivity index (χ0) is 20.9. The fraction of sp³-hybridized carbons (Fsp3) is 0.250. The minimum Gasteiger partial charge on any atom is -0.421 e. The Morgan fingerprint density at radius 2 is 1.83 bits per heavy atom. The van der Waals surface area contributed by atoms with Crippen molar-refractivity contribution < 1.29 is 12.8 Å². The molecule has 0 saturated carbocycles. The predicted octanol–water partition coefficient (Wildman–Crippen LogP) is 1.59. The summed E-state index contributed by atoms with van der Waals surface area (Å²) in [4.78, 5) is 22.7. The van der Waals surface area contributed by atoms with Gasteiger partial charge in [-0.05, 0) is 30.3 Å². The maximum absolute atomic E-state index is 13.3. The van der Waals surface area contributed by atoms with E-state index in [1.165, 1.54) is 22.8 Å². The summed E-state index contributed by atoms with van der Waals surface area (Å²) in [6.07, 6.45) is 3.24. The molecule has 0 unspecified atom stereocenters. The third-order valence-electron chi connectivity index (χ3n) is 5.39. The standard InChI is InChI=1S/C20H19N5O4S/c1-23-13-22-18-19(23)15-12-14(5-6-16(15)29-20(18)26)30(27,28)25-10-8-24(9-11-25)17-4-2-3-7-21-17/h2-7,12-13H,8-11H2,1H3. The molecule has 30 heavy (non-hydrogen) atoms. The van der Waals surface area contributed by atoms with Crippen molar-refractivity contribution in [3.8, 4) is 0 Å². The predicted molar refractivity (Wildman–Crippen MR) is 112 cm³/mol. The van der Waals surface area contributed by atoms with Crippen LogP contribution in [0.3, 0.4) is 0 Å². The summed E-state index contributed by atoms with van der Waals surface area (Å²) in [5, 5.41) is 0.540. The summed E-state index contributed by atoms with van der Waals surface area (Å²) in [5.74, 6) is 0.842. The van der Waals surface area contributed by atoms with Gasteiger partial charge in [0.1, 0.15) is 11.4 Å². The van der Waals surface area contributed by atoms with Gasteiger partial charge in [0.15, 0.2) is 5.52 Å². The van der Waals surface area contributed by atoms with Crippen LogP contribution in [0, 0.1) is 0 Å². The van der Waals surface area contributed by atoms with Gasteiger partial charge in [-0.25, -0.2) is 23.2 Å². The molecule has 9 nitrogen and oxygen atoms in total. The zero-order valence-electron chi connectivity index (χ0n) is 16.2. The number of anilines is 1. The lowest BCUT2D eigenvalue weighted by Crippen LogP contribution is -2.48. The van der Waals surface area contributed by atoms with E-state index in [1.807, 2.05) is 18.2 Å². The Hall–Kier alpha value is -3.24. The minimum absolute atomic E-state index is 0.164. The molecule has 0 atom stereocenters. The fourth-order valence-corrected chi connectivity index (χ4v) is 5.29. The van der Waals surface area contributed by atoms with Crippen LogP contribution in [0.25, 0.3) is 22.0 Å². The van der Waals surface area contributed by atoms with Gasteiger partial charge in [-0.1, -0.05) is 6.07 Å². The van der Waals surface area contributed by atoms with Crippen LogP contribution in [-0.2, 0) is 17.1 Å². The summed E-state index contributed by atoms with van der Waals surface area (Å²) in [6, 6.07) is 10.3. The Kier molecular flexibility index (Phi) is 4.33. The van der Waals surface area contributed by atoms with Crippen molar-refractivity contribution in [1.82, 2.24) is 18.8 Å². The second-order valence-electron chi connectivity index (χ2n) is 7.18. The maximum atomic E-state index is 13.3. The summed E-state index contributed by atoms with van der Waals surface area (Å²) in [7, 11) is -1.94. The van der Waals surface area contributed by atoms with Crippen LogP contribution in [0.15, 0.2) is 63.0 Å². The molecule has 4 heterocycles. The summed E-state index contributed by atoms with van der Waals surface area (Å²) < 4.78 is 35.0. The number of aryl methyl sites for hydroxylation is 1. The van der Waals surface area contributed by atoms with Crippen molar-refractivity contribution in [2.75, 3.05) is 31.1 Å². The molecular weight excluding hydrogens is 406 g/mol. The first-order chi connectivity index (χ1) is 14.4. The molecule has 5 rings (SSSR count). The molecular formula is C20H19N5O4S. The van der Waals surface area contributed by atoms with E-state index in [1.54, 1.807) is 23.9 Å². The number of hydrogen-bond donors (Lipinski definition) is 0. The van der Waals surface area contributed by atoms with Gasteiger partial charge in [-0.15, -0.1) is 0 Å². The molecule has 4 aromatic rings. The molecule has 0 bridgehead atoms. The van der Waals surface area contributed by atoms with Crippen molar-refractivity contribution in [3.05, 3.63) is 59.3 Å². The monoisotopic (exact) mass is 425 g/mol. The van der Waals surface area contributed by atoms with E-state index < -0.39 is 15.6 Å². The number of nitrogens with zero attached hydrogens (tertiary/aromatic N) is 5. The summed E-state index contributed by atoms with van der Waals surface area (Å²) in [5.41, 5.74) is 0.524. The highest BCUT2D eigenvalue weighted by Gasteiger charge is 2.29. The van der Waals surface area contributed by atoms with Crippen molar-refractivity contribution in [1.29, 1.82) is 0 Å². The SMILES string of the molecule is Cn1cnc2c(=O)oc3ccc(S(=O)(=O)N4CCN(c5ccccn5)CC4)cc3c21. The van der Waals surface area contributed by atoms with E-state index in [2.05, 4.69) is 14.9 Å². The largest absolute Gasteiger partial charge is 0.421 e. The Morgan fingerprint density at radius 3 is 2.57 bits per heavy atom. The smallest absolute Gasteiger partial charge is 0.364 e. The van der Waals surface area contributed by atoms with Crippen molar-refractivity contribution in [3.63, 3.8) is 0 Å². The van der Waals surface area contributed by atoms with Crippen molar-refractivity contribution >= 4 is 37.8 Å². The lowest BCUT2D eigenvalue weighted by atomic mass is 10.2. The summed E-state index contributed by atoms with van der Waals surface area (Å²) in [6.45, 7) is 1.85. The second kappa shape index (κ2) is 6.92. The minimum atomic E-state index is -3.70. The number of imidazole rings is 1. The van der Waals surface area contributed by atoms with Gasteiger partial charge >= 0.3 is 5.63 Å². The van der Waals surface area contributed by atoms with Crippen LogP contribution in [0.2, 0.25) is 0 Å². The van der Waals surface area contributed by atoms with Crippen LogP contribution in [0.1, 0.15) is 0 Å². The molecule has 10 heteroatoms. The number of benzene rings is 1. The van der Waals surface area contributed by atoms with Crippen LogP contribution >= 0.6 is 0 Å². The Morgan fingerprint density at radius 1 is 1.03 bits per heavy atom. The van der Waals surface area contributed by atoms with Crippen molar-refractivity contribution in [2.24, 2.45) is 7.05 Å². The third kappa shape index (κ3) is 2.96. The van der Waals surface area contributed by atoms with Crippen LogP contribution in [-0.4, -0.2) is 53.4 Å². The molecule has 0 spiro atoms. The van der Waals surface area contributed by atoms with E-state index in [0.717, 1.165) is 5.82 Å². The quantitative estimate of drug-likeness (QED) is 0.459. The highest BCUT2D eigenvalue weighted by Crippen LogP contribution is 2.27. The van der Waals surface area contributed by atoms with Gasteiger partial charge in [0.05, 0.1) is 16.7 Å². The zero-order valence-corrected chi connectivity index (χ0v) is 17.0. The van der Waals surface area contributed by atoms with Gasteiger partial charge in [-0.3, -0.25) is 0 Å². The normalized spacial score (nSPS) is 15.8. The van der Waals surface area contributed by atoms with E-state index in [-0.39, 0.29) is 10.4 Å². The third-order valence-corrected chi connectivity index (χ3v) is 7.28. The topological polar surface area (TPSA) is 102 Å². The Bertz CT molecular complexity index is 1400. The molecule has 154 valence electrons. The number of aromatic nitrogens is 3. The molecule has 0 aliphatic carbocycles. The molecule has 0 N–H and O–H groups in total. The second-order valence-corrected chi connectivity index (χ2v) is 9.12. The van der Waals surface area contributed by atoms with Crippen LogP contribution < -0.4 is 10.5 Å². The van der Waals surface area contributed by atoms with Gasteiger partial charge in [0.2, 0.25) is 10.0 Å². The van der Waals surface area contributed by atoms with Gasteiger partial charge < -0.3 is 13.9 Å². The molecule has 1 aliphatic heterocycles. The fourth-order valence-electron chi connectivity index (χ4n) is 3.84. The first-order valence-corrected chi connectivity index (χ1v) is 10.9. The highest BCUT2D eigenvalue weighted by molar-refractivity contribution is 7.89. The van der Waals surface area contributed by atoms with E-state index in [0.29, 0.717) is 42.7 Å². The highest BCUT2D eigenvalue weighted by atomic mass is 32.2. The van der Waals surface area contributed by atoms with Gasteiger partial charge in [-0.2, -0.15) is 4.31 Å². The lowest BCUT2D eigenvalue weighted by Gasteiger charge is -2.34. The number of sulfonamides is 1. The van der Waals surface area contributed by atoms with Crippen LogP contribution in [0.5, 0.6) is 0 Å². The van der Waals surface area contributed by atoms with E-state index >= 15 is 0 Å². The van der Waals surface area contributed by atoms with Gasteiger partial charge in [0, 0.05) is 44.8 Å². The number of rotatable bonds is 3.